The van der Waals surface area contributed by atoms with E-state index in [0.717, 1.165) is 18.4 Å². The van der Waals surface area contributed by atoms with E-state index >= 15 is 0 Å². The number of aromatic amines is 1. The van der Waals surface area contributed by atoms with Gasteiger partial charge in [-0.3, -0.25) is 9.59 Å². The molecule has 3 rings (SSSR count). The highest BCUT2D eigenvalue weighted by molar-refractivity contribution is 7.99. The predicted octanol–water partition coefficient (Wildman–Crippen LogP) is 3.15. The van der Waals surface area contributed by atoms with Crippen molar-refractivity contribution in [1.82, 2.24) is 9.97 Å². The Balaban J connectivity index is 2.01. The average molecular weight is 383 g/mol. The number of fused-ring (bicyclic) bond motifs is 1. The van der Waals surface area contributed by atoms with Gasteiger partial charge in [0, 0.05) is 17.9 Å². The van der Waals surface area contributed by atoms with Crippen molar-refractivity contribution in [2.75, 3.05) is 17.7 Å². The van der Waals surface area contributed by atoms with Gasteiger partial charge in [0.25, 0.3) is 5.56 Å². The van der Waals surface area contributed by atoms with E-state index in [9.17, 15) is 9.59 Å². The number of amides is 1. The van der Waals surface area contributed by atoms with Gasteiger partial charge in [-0.1, -0.05) is 49.2 Å². The number of benzene rings is 1. The van der Waals surface area contributed by atoms with Gasteiger partial charge in [0.2, 0.25) is 5.91 Å². The third-order valence-electron chi connectivity index (χ3n) is 4.27. The molecule has 1 atom stereocenters. The molecule has 0 bridgehead atoms. The second kappa shape index (κ2) is 8.78. The summed E-state index contributed by atoms with van der Waals surface area (Å²) >= 11 is 1.24. The number of anilines is 1. The molecule has 0 fully saturated rings. The summed E-state index contributed by atoms with van der Waals surface area (Å²) in [5, 5.41) is 3.11. The van der Waals surface area contributed by atoms with E-state index in [0.29, 0.717) is 34.6 Å². The fraction of sp³-hybridized carbons (Fsp3) is 0.350. The molecule has 1 aliphatic heterocycles. The Morgan fingerprint density at radius 2 is 2.19 bits per heavy atom. The lowest BCUT2D eigenvalue weighted by molar-refractivity contribution is -0.116. The number of thioether (sulfide) groups is 1. The molecular weight excluding hydrogens is 362 g/mol. The molecule has 140 valence electrons. The molecule has 2 heterocycles. The SMILES string of the molecule is C#CCSc1nc2c(c(=O)[nH]1)[C@H](c1ccccc1OCCCC)CC(=O)N2. The largest absolute Gasteiger partial charge is 0.493 e. The van der Waals surface area contributed by atoms with Crippen molar-refractivity contribution in [1.29, 1.82) is 0 Å². The van der Waals surface area contributed by atoms with Crippen molar-refractivity contribution in [2.45, 2.75) is 37.3 Å². The monoisotopic (exact) mass is 383 g/mol. The van der Waals surface area contributed by atoms with E-state index in [1.165, 1.54) is 11.8 Å². The zero-order chi connectivity index (χ0) is 19.2. The first-order valence-electron chi connectivity index (χ1n) is 8.86. The van der Waals surface area contributed by atoms with Gasteiger partial charge >= 0.3 is 0 Å². The molecule has 1 aromatic heterocycles. The summed E-state index contributed by atoms with van der Waals surface area (Å²) in [6.07, 6.45) is 7.40. The Morgan fingerprint density at radius 3 is 2.96 bits per heavy atom. The van der Waals surface area contributed by atoms with Crippen LogP contribution in [-0.4, -0.2) is 28.2 Å². The number of unbranched alkanes of at least 4 members (excludes halogenated alkanes) is 1. The van der Waals surface area contributed by atoms with Crippen LogP contribution in [0, 0.1) is 12.3 Å². The Bertz CT molecular complexity index is 933. The Hall–Kier alpha value is -2.72. The first-order valence-corrected chi connectivity index (χ1v) is 9.84. The Morgan fingerprint density at radius 1 is 1.37 bits per heavy atom. The van der Waals surface area contributed by atoms with Crippen LogP contribution in [0.3, 0.4) is 0 Å². The smallest absolute Gasteiger partial charge is 0.257 e. The maximum absolute atomic E-state index is 12.8. The van der Waals surface area contributed by atoms with Crippen LogP contribution in [0.15, 0.2) is 34.2 Å². The van der Waals surface area contributed by atoms with Crippen molar-refractivity contribution in [3.05, 3.63) is 45.7 Å². The summed E-state index contributed by atoms with van der Waals surface area (Å²) in [5.41, 5.74) is 1.00. The summed E-state index contributed by atoms with van der Waals surface area (Å²) in [5.74, 6) is 3.27. The molecule has 1 amide bonds. The number of terminal acetylenes is 1. The van der Waals surface area contributed by atoms with E-state index < -0.39 is 5.92 Å². The number of H-pyrrole nitrogens is 1. The Labute approximate surface area is 162 Å². The zero-order valence-corrected chi connectivity index (χ0v) is 15.9. The van der Waals surface area contributed by atoms with Crippen molar-refractivity contribution < 1.29 is 9.53 Å². The standard InChI is InChI=1S/C20H21N3O3S/c1-3-5-10-26-15-9-7-6-8-13(15)14-12-16(24)21-18-17(14)19(25)23-20(22-18)27-11-4-2/h2,6-9,14H,3,5,10-12H2,1H3,(H2,21,22,23,24,25)/t14-/m0/s1. The maximum Gasteiger partial charge on any atom is 0.257 e. The van der Waals surface area contributed by atoms with Crippen LogP contribution in [0.25, 0.3) is 0 Å². The van der Waals surface area contributed by atoms with Gasteiger partial charge in [0.1, 0.15) is 11.6 Å². The van der Waals surface area contributed by atoms with Crippen LogP contribution >= 0.6 is 11.8 Å². The lowest BCUT2D eigenvalue weighted by atomic mass is 9.86. The van der Waals surface area contributed by atoms with Gasteiger partial charge in [0.15, 0.2) is 5.16 Å². The van der Waals surface area contributed by atoms with E-state index in [-0.39, 0.29) is 17.9 Å². The molecule has 0 saturated heterocycles. The second-order valence-electron chi connectivity index (χ2n) is 6.17. The number of carbonyl (C=O) groups is 1. The molecular formula is C20H21N3O3S. The summed E-state index contributed by atoms with van der Waals surface area (Å²) in [6, 6.07) is 7.54. The fourth-order valence-electron chi connectivity index (χ4n) is 3.02. The fourth-order valence-corrected chi connectivity index (χ4v) is 3.56. The van der Waals surface area contributed by atoms with Crippen LogP contribution in [0.4, 0.5) is 5.82 Å². The predicted molar refractivity (Wildman–Crippen MR) is 106 cm³/mol. The molecule has 0 radical (unpaired) electrons. The highest BCUT2D eigenvalue weighted by Gasteiger charge is 2.32. The zero-order valence-electron chi connectivity index (χ0n) is 15.1. The van der Waals surface area contributed by atoms with Gasteiger partial charge in [-0.15, -0.1) is 6.42 Å². The van der Waals surface area contributed by atoms with E-state index in [4.69, 9.17) is 11.2 Å². The number of aromatic nitrogens is 2. The highest BCUT2D eigenvalue weighted by Crippen LogP contribution is 2.38. The van der Waals surface area contributed by atoms with Crippen molar-refractivity contribution in [3.63, 3.8) is 0 Å². The molecule has 1 aliphatic rings. The minimum absolute atomic E-state index is 0.169. The second-order valence-corrected chi connectivity index (χ2v) is 7.13. The van der Waals surface area contributed by atoms with Crippen LogP contribution in [0.2, 0.25) is 0 Å². The van der Waals surface area contributed by atoms with Crippen LogP contribution < -0.4 is 15.6 Å². The number of ether oxygens (including phenoxy) is 1. The minimum atomic E-state index is -0.408. The number of hydrogen-bond acceptors (Lipinski definition) is 5. The summed E-state index contributed by atoms with van der Waals surface area (Å²) < 4.78 is 5.91. The summed E-state index contributed by atoms with van der Waals surface area (Å²) in [7, 11) is 0. The van der Waals surface area contributed by atoms with Crippen molar-refractivity contribution >= 4 is 23.5 Å². The number of nitrogens with one attached hydrogen (secondary N) is 2. The topological polar surface area (TPSA) is 84.1 Å². The van der Waals surface area contributed by atoms with Gasteiger partial charge < -0.3 is 15.0 Å². The third kappa shape index (κ3) is 4.34. The Kier molecular flexibility index (Phi) is 6.20. The molecule has 0 saturated carbocycles. The molecule has 0 aliphatic carbocycles. The van der Waals surface area contributed by atoms with Crippen molar-refractivity contribution in [3.8, 4) is 18.1 Å². The average Bonchev–Trinajstić information content (AvgIpc) is 2.66. The molecule has 6 nitrogen and oxygen atoms in total. The number of carbonyl (C=O) groups excluding carboxylic acids is 1. The third-order valence-corrected chi connectivity index (χ3v) is 5.05. The van der Waals surface area contributed by atoms with Gasteiger partial charge in [-0.25, -0.2) is 4.98 Å². The lowest BCUT2D eigenvalue weighted by Crippen LogP contribution is -2.31. The minimum Gasteiger partial charge on any atom is -0.493 e. The number of hydrogen-bond donors (Lipinski definition) is 2. The first kappa shape index (κ1) is 19.1. The van der Waals surface area contributed by atoms with Gasteiger partial charge in [-0.05, 0) is 12.5 Å². The molecule has 2 aromatic rings. The number of nitrogens with zero attached hydrogens (tertiary/aromatic N) is 1. The van der Waals surface area contributed by atoms with Gasteiger partial charge in [0.05, 0.1) is 17.9 Å². The maximum atomic E-state index is 12.8. The molecule has 2 N–H and O–H groups in total. The highest BCUT2D eigenvalue weighted by atomic mass is 32.2. The molecule has 7 heteroatoms. The van der Waals surface area contributed by atoms with Crippen molar-refractivity contribution in [2.24, 2.45) is 0 Å². The summed E-state index contributed by atoms with van der Waals surface area (Å²) in [4.78, 5) is 32.2. The van der Waals surface area contributed by atoms with E-state index in [1.54, 1.807) is 0 Å². The van der Waals surface area contributed by atoms with E-state index in [1.807, 2.05) is 24.3 Å². The van der Waals surface area contributed by atoms with Gasteiger partial charge in [-0.2, -0.15) is 0 Å². The first-order chi connectivity index (χ1) is 13.1. The quantitative estimate of drug-likeness (QED) is 0.332. The molecule has 0 unspecified atom stereocenters. The number of para-hydroxylation sites is 1. The van der Waals surface area contributed by atoms with Crippen LogP contribution in [0.5, 0.6) is 5.75 Å². The molecule has 1 aromatic carbocycles. The van der Waals surface area contributed by atoms with E-state index in [2.05, 4.69) is 28.1 Å². The lowest BCUT2D eigenvalue weighted by Gasteiger charge is -2.26. The molecule has 27 heavy (non-hydrogen) atoms. The normalized spacial score (nSPS) is 15.6. The van der Waals surface area contributed by atoms with Crippen LogP contribution in [-0.2, 0) is 4.79 Å². The molecule has 0 spiro atoms. The van der Waals surface area contributed by atoms with Crippen LogP contribution in [0.1, 0.15) is 43.2 Å². The number of rotatable bonds is 7. The summed E-state index contributed by atoms with van der Waals surface area (Å²) in [6.45, 7) is 2.69.